The van der Waals surface area contributed by atoms with Gasteiger partial charge < -0.3 is 9.47 Å². The van der Waals surface area contributed by atoms with E-state index >= 15 is 0 Å². The van der Waals surface area contributed by atoms with Crippen molar-refractivity contribution in [2.24, 2.45) is 0 Å². The molecule has 3 nitrogen and oxygen atoms in total. The molecule has 0 aliphatic carbocycles. The van der Waals surface area contributed by atoms with E-state index in [0.29, 0.717) is 13.0 Å². The summed E-state index contributed by atoms with van der Waals surface area (Å²) in [5, 5.41) is 0. The maximum Gasteiger partial charge on any atom is 0.347 e. The van der Waals surface area contributed by atoms with Crippen LogP contribution in [-0.4, -0.2) is 18.7 Å². The second-order valence-corrected chi connectivity index (χ2v) is 3.94. The molecular formula is C13H16O3. The fourth-order valence-electron chi connectivity index (χ4n) is 1.72. The van der Waals surface area contributed by atoms with E-state index in [1.165, 1.54) is 0 Å². The molecule has 1 atom stereocenters. The number of rotatable bonds is 4. The van der Waals surface area contributed by atoms with Gasteiger partial charge in [-0.05, 0) is 18.1 Å². The summed E-state index contributed by atoms with van der Waals surface area (Å²) in [6, 6.07) is 7.72. The van der Waals surface area contributed by atoms with Crippen LogP contribution in [0.2, 0.25) is 0 Å². The van der Waals surface area contributed by atoms with Crippen molar-refractivity contribution in [2.45, 2.75) is 32.3 Å². The predicted octanol–water partition coefficient (Wildman–Crippen LogP) is 2.33. The molecular weight excluding hydrogens is 204 g/mol. The zero-order valence-electron chi connectivity index (χ0n) is 9.44. The summed E-state index contributed by atoms with van der Waals surface area (Å²) in [7, 11) is 0. The Balaban J connectivity index is 1.88. The van der Waals surface area contributed by atoms with E-state index in [1.54, 1.807) is 0 Å². The number of carbonyl (C=O) groups is 1. The first-order chi connectivity index (χ1) is 7.81. The molecule has 0 fully saturated rings. The lowest BCUT2D eigenvalue weighted by molar-refractivity contribution is -0.151. The van der Waals surface area contributed by atoms with E-state index in [9.17, 15) is 4.79 Å². The van der Waals surface area contributed by atoms with Crippen LogP contribution in [0.4, 0.5) is 0 Å². The molecule has 86 valence electrons. The molecule has 0 saturated carbocycles. The topological polar surface area (TPSA) is 35.5 Å². The number of hydrogen-bond acceptors (Lipinski definition) is 3. The smallest absolute Gasteiger partial charge is 0.347 e. The van der Waals surface area contributed by atoms with E-state index in [0.717, 1.165) is 24.2 Å². The lowest BCUT2D eigenvalue weighted by Gasteiger charge is -2.09. The number of para-hydroxylation sites is 1. The molecule has 1 aromatic carbocycles. The van der Waals surface area contributed by atoms with Gasteiger partial charge in [-0.1, -0.05) is 31.5 Å². The van der Waals surface area contributed by atoms with Crippen molar-refractivity contribution >= 4 is 5.97 Å². The Morgan fingerprint density at radius 3 is 3.06 bits per heavy atom. The minimum Gasteiger partial charge on any atom is -0.478 e. The highest BCUT2D eigenvalue weighted by atomic mass is 16.6. The third kappa shape index (κ3) is 2.35. The SMILES string of the molecule is CCCCOC(=O)C1Cc2ccccc2O1. The van der Waals surface area contributed by atoms with Gasteiger partial charge in [0.15, 0.2) is 6.10 Å². The van der Waals surface area contributed by atoms with Crippen LogP contribution in [0.15, 0.2) is 24.3 Å². The van der Waals surface area contributed by atoms with Gasteiger partial charge in [-0.25, -0.2) is 4.79 Å². The molecule has 1 aromatic rings. The molecule has 1 aliphatic rings. The van der Waals surface area contributed by atoms with Crippen LogP contribution in [0, 0.1) is 0 Å². The second-order valence-electron chi connectivity index (χ2n) is 3.94. The summed E-state index contributed by atoms with van der Waals surface area (Å²) in [6.07, 6.45) is 2.11. The molecule has 0 saturated heterocycles. The summed E-state index contributed by atoms with van der Waals surface area (Å²) in [4.78, 5) is 11.6. The monoisotopic (exact) mass is 220 g/mol. The summed E-state index contributed by atoms with van der Waals surface area (Å²) in [5.41, 5.74) is 1.08. The van der Waals surface area contributed by atoms with Gasteiger partial charge in [0.2, 0.25) is 0 Å². The minimum atomic E-state index is -0.450. The largest absolute Gasteiger partial charge is 0.478 e. The van der Waals surface area contributed by atoms with Crippen LogP contribution < -0.4 is 4.74 Å². The number of hydrogen-bond donors (Lipinski definition) is 0. The average Bonchev–Trinajstić information content (AvgIpc) is 2.73. The van der Waals surface area contributed by atoms with Gasteiger partial charge in [-0.15, -0.1) is 0 Å². The lowest BCUT2D eigenvalue weighted by Crippen LogP contribution is -2.27. The Bertz CT molecular complexity index is 348. The number of fused-ring (bicyclic) bond motifs is 1. The molecule has 0 amide bonds. The molecule has 0 radical (unpaired) electrons. The number of ether oxygens (including phenoxy) is 2. The molecule has 3 heteroatoms. The molecule has 0 bridgehead atoms. The third-order valence-corrected chi connectivity index (χ3v) is 2.65. The van der Waals surface area contributed by atoms with Crippen molar-refractivity contribution in [3.05, 3.63) is 29.8 Å². The zero-order valence-corrected chi connectivity index (χ0v) is 9.44. The van der Waals surface area contributed by atoms with E-state index in [-0.39, 0.29) is 5.97 Å². The lowest BCUT2D eigenvalue weighted by atomic mass is 10.1. The minimum absolute atomic E-state index is 0.246. The number of unbranched alkanes of at least 4 members (excludes halogenated alkanes) is 1. The molecule has 1 aliphatic heterocycles. The summed E-state index contributed by atoms with van der Waals surface area (Å²) in [5.74, 6) is 0.560. The van der Waals surface area contributed by atoms with Gasteiger partial charge in [0.05, 0.1) is 6.61 Å². The van der Waals surface area contributed by atoms with E-state index in [2.05, 4.69) is 6.92 Å². The van der Waals surface area contributed by atoms with Crippen molar-refractivity contribution in [3.63, 3.8) is 0 Å². The van der Waals surface area contributed by atoms with Gasteiger partial charge in [-0.2, -0.15) is 0 Å². The summed E-state index contributed by atoms with van der Waals surface area (Å²) < 4.78 is 10.7. The Hall–Kier alpha value is -1.51. The van der Waals surface area contributed by atoms with Gasteiger partial charge in [-0.3, -0.25) is 0 Å². The van der Waals surface area contributed by atoms with Crippen molar-refractivity contribution < 1.29 is 14.3 Å². The van der Waals surface area contributed by atoms with Gasteiger partial charge in [0.1, 0.15) is 5.75 Å². The van der Waals surface area contributed by atoms with Crippen LogP contribution in [0.1, 0.15) is 25.3 Å². The fraction of sp³-hybridized carbons (Fsp3) is 0.462. The second kappa shape index (κ2) is 5.01. The van der Waals surface area contributed by atoms with Crippen LogP contribution >= 0.6 is 0 Å². The van der Waals surface area contributed by atoms with Crippen molar-refractivity contribution in [1.29, 1.82) is 0 Å². The van der Waals surface area contributed by atoms with E-state index in [4.69, 9.17) is 9.47 Å². The maximum absolute atomic E-state index is 11.6. The highest BCUT2D eigenvalue weighted by molar-refractivity contribution is 5.76. The Morgan fingerprint density at radius 2 is 2.31 bits per heavy atom. The summed E-state index contributed by atoms with van der Waals surface area (Å²) in [6.45, 7) is 2.56. The highest BCUT2D eigenvalue weighted by Crippen LogP contribution is 2.28. The number of esters is 1. The van der Waals surface area contributed by atoms with Crippen molar-refractivity contribution in [2.75, 3.05) is 6.61 Å². The first-order valence-corrected chi connectivity index (χ1v) is 5.72. The van der Waals surface area contributed by atoms with Gasteiger partial charge in [0.25, 0.3) is 0 Å². The van der Waals surface area contributed by atoms with Crippen molar-refractivity contribution in [1.82, 2.24) is 0 Å². The number of carbonyl (C=O) groups excluding carboxylic acids is 1. The zero-order chi connectivity index (χ0) is 11.4. The Kier molecular flexibility index (Phi) is 3.44. The van der Waals surface area contributed by atoms with Crippen LogP contribution in [0.5, 0.6) is 5.75 Å². The van der Waals surface area contributed by atoms with Crippen LogP contribution in [0.25, 0.3) is 0 Å². The fourth-order valence-corrected chi connectivity index (χ4v) is 1.72. The summed E-state index contributed by atoms with van der Waals surface area (Å²) >= 11 is 0. The van der Waals surface area contributed by atoms with E-state index in [1.807, 2.05) is 24.3 Å². The molecule has 0 spiro atoms. The van der Waals surface area contributed by atoms with Gasteiger partial charge in [0, 0.05) is 6.42 Å². The average molecular weight is 220 g/mol. The Morgan fingerprint density at radius 1 is 1.50 bits per heavy atom. The highest BCUT2D eigenvalue weighted by Gasteiger charge is 2.29. The van der Waals surface area contributed by atoms with Crippen LogP contribution in [0.3, 0.4) is 0 Å². The molecule has 1 heterocycles. The third-order valence-electron chi connectivity index (χ3n) is 2.65. The maximum atomic E-state index is 11.6. The first-order valence-electron chi connectivity index (χ1n) is 5.72. The number of benzene rings is 1. The normalized spacial score (nSPS) is 17.7. The first kappa shape index (κ1) is 11.0. The molecule has 2 rings (SSSR count). The molecule has 1 unspecified atom stereocenters. The molecule has 0 aromatic heterocycles. The quantitative estimate of drug-likeness (QED) is 0.577. The molecule has 16 heavy (non-hydrogen) atoms. The van der Waals surface area contributed by atoms with E-state index < -0.39 is 6.10 Å². The van der Waals surface area contributed by atoms with Gasteiger partial charge >= 0.3 is 5.97 Å². The predicted molar refractivity (Wildman–Crippen MR) is 60.4 cm³/mol. The van der Waals surface area contributed by atoms with Crippen LogP contribution in [-0.2, 0) is 16.0 Å². The molecule has 0 N–H and O–H groups in total. The van der Waals surface area contributed by atoms with Crippen molar-refractivity contribution in [3.8, 4) is 5.75 Å². The standard InChI is InChI=1S/C13H16O3/c1-2-3-8-15-13(14)12-9-10-6-4-5-7-11(10)16-12/h4-7,12H,2-3,8-9H2,1H3. The Labute approximate surface area is 95.4 Å².